The summed E-state index contributed by atoms with van der Waals surface area (Å²) in [4.78, 5) is 25.1. The van der Waals surface area contributed by atoms with Gasteiger partial charge in [0.15, 0.2) is 0 Å². The zero-order valence-corrected chi connectivity index (χ0v) is 12.5. The molecular weight excluding hydrogens is 268 g/mol. The first kappa shape index (κ1) is 15.4. The second kappa shape index (κ2) is 6.61. The zero-order chi connectivity index (χ0) is 15.4. The van der Waals surface area contributed by atoms with Gasteiger partial charge >= 0.3 is 12.0 Å². The Morgan fingerprint density at radius 3 is 2.76 bits per heavy atom. The van der Waals surface area contributed by atoms with Crippen molar-refractivity contribution in [2.45, 2.75) is 39.2 Å². The molecule has 2 atom stereocenters. The number of anilines is 1. The molecule has 0 spiro atoms. The maximum absolute atomic E-state index is 12.4. The van der Waals surface area contributed by atoms with Crippen LogP contribution in [0.3, 0.4) is 0 Å². The van der Waals surface area contributed by atoms with E-state index in [9.17, 15) is 14.7 Å². The number of carboxylic acid groups (broad SMARTS) is 1. The third kappa shape index (κ3) is 3.35. The number of rotatable bonds is 4. The molecule has 21 heavy (non-hydrogen) atoms. The molecule has 0 saturated carbocycles. The average molecular weight is 290 g/mol. The lowest BCUT2D eigenvalue weighted by Crippen LogP contribution is -2.44. The fourth-order valence-corrected chi connectivity index (χ4v) is 2.87. The van der Waals surface area contributed by atoms with Crippen LogP contribution in [0.2, 0.25) is 0 Å². The second-order valence-corrected chi connectivity index (χ2v) is 5.58. The minimum absolute atomic E-state index is 0.0147. The van der Waals surface area contributed by atoms with Crippen LogP contribution in [-0.2, 0) is 11.2 Å². The van der Waals surface area contributed by atoms with Gasteiger partial charge in [0, 0.05) is 12.2 Å². The summed E-state index contributed by atoms with van der Waals surface area (Å²) in [6.45, 7) is 4.44. The van der Waals surface area contributed by atoms with E-state index >= 15 is 0 Å². The van der Waals surface area contributed by atoms with Gasteiger partial charge in [-0.05, 0) is 30.4 Å². The maximum atomic E-state index is 12.4. The number of urea groups is 1. The van der Waals surface area contributed by atoms with Gasteiger partial charge in [0.05, 0.1) is 0 Å². The Balaban J connectivity index is 2.13. The van der Waals surface area contributed by atoms with Crippen LogP contribution in [0.4, 0.5) is 10.5 Å². The van der Waals surface area contributed by atoms with Gasteiger partial charge in [0.2, 0.25) is 0 Å². The number of aryl methyl sites for hydroxylation is 1. The molecule has 1 fully saturated rings. The third-order valence-corrected chi connectivity index (χ3v) is 3.99. The van der Waals surface area contributed by atoms with Gasteiger partial charge in [0.25, 0.3) is 0 Å². The molecule has 1 aliphatic heterocycles. The summed E-state index contributed by atoms with van der Waals surface area (Å²) in [6.07, 6.45) is 2.60. The molecule has 2 unspecified atom stereocenters. The Hall–Kier alpha value is -2.04. The molecule has 1 aromatic carbocycles. The van der Waals surface area contributed by atoms with Gasteiger partial charge in [0.1, 0.15) is 6.04 Å². The van der Waals surface area contributed by atoms with Crippen LogP contribution in [0.15, 0.2) is 24.3 Å². The number of likely N-dealkylation sites (tertiary alicyclic amines) is 1. The molecule has 1 saturated heterocycles. The number of hydrogen-bond donors (Lipinski definition) is 2. The summed E-state index contributed by atoms with van der Waals surface area (Å²) in [7, 11) is 0. The Bertz CT molecular complexity index is 530. The molecule has 2 rings (SSSR count). The van der Waals surface area contributed by atoms with Crippen LogP contribution in [0.5, 0.6) is 0 Å². The van der Waals surface area contributed by atoms with Crippen LogP contribution in [0, 0.1) is 5.92 Å². The number of carboxylic acids is 1. The fraction of sp³-hybridized carbons (Fsp3) is 0.500. The fourth-order valence-electron chi connectivity index (χ4n) is 2.87. The lowest BCUT2D eigenvalue weighted by Gasteiger charge is -2.24. The molecule has 2 amide bonds. The number of carbonyl (C=O) groups excluding carboxylic acids is 1. The van der Waals surface area contributed by atoms with Crippen molar-refractivity contribution in [2.75, 3.05) is 11.9 Å². The molecular formula is C16H22N2O3. The number of carbonyl (C=O) groups is 2. The van der Waals surface area contributed by atoms with Gasteiger partial charge in [-0.3, -0.25) is 0 Å². The van der Waals surface area contributed by atoms with Crippen LogP contribution in [0.1, 0.15) is 32.3 Å². The molecule has 1 aromatic rings. The van der Waals surface area contributed by atoms with Gasteiger partial charge in [-0.25, -0.2) is 9.59 Å². The number of aliphatic carboxylic acids is 1. The highest BCUT2D eigenvalue weighted by molar-refractivity contribution is 5.93. The normalized spacial score (nSPS) is 21.3. The smallest absolute Gasteiger partial charge is 0.326 e. The van der Waals surface area contributed by atoms with Crippen molar-refractivity contribution in [2.24, 2.45) is 5.92 Å². The highest BCUT2D eigenvalue weighted by Gasteiger charge is 2.39. The van der Waals surface area contributed by atoms with Crippen molar-refractivity contribution in [3.05, 3.63) is 29.8 Å². The quantitative estimate of drug-likeness (QED) is 0.895. The van der Waals surface area contributed by atoms with E-state index in [0.29, 0.717) is 6.54 Å². The van der Waals surface area contributed by atoms with Crippen molar-refractivity contribution < 1.29 is 14.7 Å². The Morgan fingerprint density at radius 2 is 2.10 bits per heavy atom. The minimum atomic E-state index is -0.933. The second-order valence-electron chi connectivity index (χ2n) is 5.58. The van der Waals surface area contributed by atoms with Crippen LogP contribution >= 0.6 is 0 Å². The summed E-state index contributed by atoms with van der Waals surface area (Å²) in [5, 5.41) is 12.2. The minimum Gasteiger partial charge on any atom is -0.480 e. The van der Waals surface area contributed by atoms with E-state index in [1.54, 1.807) is 0 Å². The van der Waals surface area contributed by atoms with E-state index in [1.165, 1.54) is 4.90 Å². The summed E-state index contributed by atoms with van der Waals surface area (Å²) in [6, 6.07) is 6.60. The van der Waals surface area contributed by atoms with E-state index in [2.05, 4.69) is 12.2 Å². The number of benzene rings is 1. The first-order chi connectivity index (χ1) is 10.0. The van der Waals surface area contributed by atoms with Crippen molar-refractivity contribution in [3.8, 4) is 0 Å². The van der Waals surface area contributed by atoms with Crippen molar-refractivity contribution in [3.63, 3.8) is 0 Å². The molecule has 0 aliphatic carbocycles. The van der Waals surface area contributed by atoms with Gasteiger partial charge in [-0.15, -0.1) is 0 Å². The molecule has 5 heteroatoms. The Labute approximate surface area is 125 Å². The van der Waals surface area contributed by atoms with Crippen molar-refractivity contribution in [1.29, 1.82) is 0 Å². The lowest BCUT2D eigenvalue weighted by molar-refractivity contribution is -0.142. The number of nitrogens with zero attached hydrogens (tertiary/aromatic N) is 1. The highest BCUT2D eigenvalue weighted by Crippen LogP contribution is 2.25. The van der Waals surface area contributed by atoms with Gasteiger partial charge < -0.3 is 15.3 Å². The summed E-state index contributed by atoms with van der Waals surface area (Å²) >= 11 is 0. The third-order valence-electron chi connectivity index (χ3n) is 3.99. The van der Waals surface area contributed by atoms with Crippen molar-refractivity contribution >= 4 is 17.7 Å². The zero-order valence-electron chi connectivity index (χ0n) is 12.5. The van der Waals surface area contributed by atoms with Gasteiger partial charge in [-0.2, -0.15) is 0 Å². The Kier molecular flexibility index (Phi) is 4.83. The molecule has 0 aromatic heterocycles. The van der Waals surface area contributed by atoms with E-state index in [4.69, 9.17) is 0 Å². The van der Waals surface area contributed by atoms with E-state index < -0.39 is 12.0 Å². The molecule has 0 bridgehead atoms. The number of para-hydroxylation sites is 1. The number of hydrogen-bond acceptors (Lipinski definition) is 2. The van der Waals surface area contributed by atoms with Crippen molar-refractivity contribution in [1.82, 2.24) is 4.90 Å². The maximum Gasteiger partial charge on any atom is 0.326 e. The van der Waals surface area contributed by atoms with E-state index in [1.807, 2.05) is 31.2 Å². The van der Waals surface area contributed by atoms with Crippen LogP contribution in [-0.4, -0.2) is 34.6 Å². The predicted molar refractivity (Wildman–Crippen MR) is 81.4 cm³/mol. The average Bonchev–Trinajstić information content (AvgIpc) is 2.83. The van der Waals surface area contributed by atoms with E-state index in [-0.39, 0.29) is 11.9 Å². The lowest BCUT2D eigenvalue weighted by atomic mass is 10.0. The molecule has 0 radical (unpaired) electrons. The predicted octanol–water partition coefficient (Wildman–Crippen LogP) is 2.97. The highest BCUT2D eigenvalue weighted by atomic mass is 16.4. The Morgan fingerprint density at radius 1 is 1.38 bits per heavy atom. The number of nitrogens with one attached hydrogen (secondary N) is 1. The van der Waals surface area contributed by atoms with Crippen LogP contribution in [0.25, 0.3) is 0 Å². The topological polar surface area (TPSA) is 69.6 Å². The largest absolute Gasteiger partial charge is 0.480 e. The summed E-state index contributed by atoms with van der Waals surface area (Å²) < 4.78 is 0. The van der Waals surface area contributed by atoms with Gasteiger partial charge in [-0.1, -0.05) is 38.5 Å². The van der Waals surface area contributed by atoms with Crippen LogP contribution < -0.4 is 5.32 Å². The first-order valence-corrected chi connectivity index (χ1v) is 7.43. The summed E-state index contributed by atoms with van der Waals surface area (Å²) in [5.74, 6) is -0.948. The summed E-state index contributed by atoms with van der Waals surface area (Å²) in [5.41, 5.74) is 1.85. The molecule has 2 N–H and O–H groups in total. The standard InChI is InChI=1S/C16H22N2O3/c1-3-6-12-7-4-5-8-13(12)17-16(21)18-10-9-11(2)14(18)15(19)20/h4-5,7-8,11,14H,3,6,9-10H2,1-2H3,(H,17,21)(H,19,20). The monoisotopic (exact) mass is 290 g/mol. The number of amides is 2. The molecule has 114 valence electrons. The SMILES string of the molecule is CCCc1ccccc1NC(=O)N1CCC(C)C1C(=O)O. The molecule has 1 heterocycles. The molecule has 5 nitrogen and oxygen atoms in total. The first-order valence-electron chi connectivity index (χ1n) is 7.43. The molecule has 1 aliphatic rings. The van der Waals surface area contributed by atoms with E-state index in [0.717, 1.165) is 30.5 Å².